The molecule has 1 unspecified atom stereocenters. The minimum atomic E-state index is -1.04. The highest BCUT2D eigenvalue weighted by Crippen LogP contribution is 2.20. The van der Waals surface area contributed by atoms with Gasteiger partial charge in [0.15, 0.2) is 6.10 Å². The summed E-state index contributed by atoms with van der Waals surface area (Å²) in [6.07, 6.45) is -0.797. The predicted octanol–water partition coefficient (Wildman–Crippen LogP) is 5.38. The van der Waals surface area contributed by atoms with Crippen LogP contribution in [0.4, 0.5) is 4.39 Å². The number of aliphatic carboxylic acids is 1. The Bertz CT molecular complexity index is 1310. The topological polar surface area (TPSA) is 84.9 Å². The highest BCUT2D eigenvalue weighted by Gasteiger charge is 2.20. The molecule has 4 aromatic carbocycles. The van der Waals surface area contributed by atoms with E-state index in [9.17, 15) is 19.1 Å². The molecule has 0 aliphatic carbocycles. The second kappa shape index (κ2) is 12.4. The standard InChI is InChI=1S/C30H26FNO5/c31-25-14-12-23(13-15-25)22-8-10-24(11-9-22)29(33)32-18-19-36-26-16-6-21(7-17-26)20-28(30(34)35)37-27-4-2-1-3-5-27/h1-17,28H,18-20H2,(H,32,33)(H,34,35). The Morgan fingerprint density at radius 3 is 2.03 bits per heavy atom. The van der Waals surface area contributed by atoms with E-state index in [1.165, 1.54) is 12.1 Å². The monoisotopic (exact) mass is 499 g/mol. The van der Waals surface area contributed by atoms with Crippen molar-refractivity contribution in [3.63, 3.8) is 0 Å². The van der Waals surface area contributed by atoms with Gasteiger partial charge in [0.2, 0.25) is 0 Å². The largest absolute Gasteiger partial charge is 0.492 e. The number of para-hydroxylation sites is 1. The average Bonchev–Trinajstić information content (AvgIpc) is 2.92. The zero-order valence-electron chi connectivity index (χ0n) is 20.0. The molecule has 4 aromatic rings. The van der Waals surface area contributed by atoms with E-state index >= 15 is 0 Å². The number of carboxylic acids is 1. The third-order valence-corrected chi connectivity index (χ3v) is 5.62. The van der Waals surface area contributed by atoms with Crippen molar-refractivity contribution in [2.45, 2.75) is 12.5 Å². The Hall–Kier alpha value is -4.65. The first-order valence-corrected chi connectivity index (χ1v) is 11.8. The smallest absolute Gasteiger partial charge is 0.345 e. The highest BCUT2D eigenvalue weighted by atomic mass is 19.1. The molecular formula is C30H26FNO5. The molecule has 0 aliphatic heterocycles. The number of amides is 1. The molecule has 0 fully saturated rings. The van der Waals surface area contributed by atoms with Crippen molar-refractivity contribution in [3.8, 4) is 22.6 Å². The zero-order valence-corrected chi connectivity index (χ0v) is 20.0. The minimum absolute atomic E-state index is 0.209. The van der Waals surface area contributed by atoms with Crippen LogP contribution in [0.5, 0.6) is 11.5 Å². The summed E-state index contributed by atoms with van der Waals surface area (Å²) in [5, 5.41) is 12.3. The van der Waals surface area contributed by atoms with Crippen molar-refractivity contribution in [1.29, 1.82) is 0 Å². The van der Waals surface area contributed by atoms with Gasteiger partial charge in [-0.15, -0.1) is 0 Å². The van der Waals surface area contributed by atoms with Crippen LogP contribution in [0.1, 0.15) is 15.9 Å². The summed E-state index contributed by atoms with van der Waals surface area (Å²) in [6.45, 7) is 0.583. The van der Waals surface area contributed by atoms with Crippen LogP contribution in [0, 0.1) is 5.82 Å². The number of hydrogen-bond donors (Lipinski definition) is 2. The maximum atomic E-state index is 13.1. The van der Waals surface area contributed by atoms with E-state index in [2.05, 4.69) is 5.32 Å². The van der Waals surface area contributed by atoms with Crippen molar-refractivity contribution in [3.05, 3.63) is 120 Å². The van der Waals surface area contributed by atoms with Crippen LogP contribution in [0.3, 0.4) is 0 Å². The molecule has 4 rings (SSSR count). The molecule has 1 amide bonds. The molecule has 2 N–H and O–H groups in total. The first kappa shape index (κ1) is 25.4. The van der Waals surface area contributed by atoms with Gasteiger partial charge >= 0.3 is 5.97 Å². The van der Waals surface area contributed by atoms with Gasteiger partial charge in [0, 0.05) is 12.0 Å². The van der Waals surface area contributed by atoms with Gasteiger partial charge in [-0.05, 0) is 65.2 Å². The summed E-state index contributed by atoms with van der Waals surface area (Å²) < 4.78 is 24.4. The molecular weight excluding hydrogens is 473 g/mol. The van der Waals surface area contributed by atoms with Crippen LogP contribution >= 0.6 is 0 Å². The molecule has 0 heterocycles. The molecule has 0 aromatic heterocycles. The molecule has 0 saturated heterocycles. The fourth-order valence-electron chi connectivity index (χ4n) is 3.67. The van der Waals surface area contributed by atoms with Crippen molar-refractivity contribution in [2.75, 3.05) is 13.2 Å². The minimum Gasteiger partial charge on any atom is -0.492 e. The van der Waals surface area contributed by atoms with Crippen LogP contribution in [-0.2, 0) is 11.2 Å². The van der Waals surface area contributed by atoms with Gasteiger partial charge in [0.05, 0.1) is 6.54 Å². The highest BCUT2D eigenvalue weighted by molar-refractivity contribution is 5.94. The summed E-state index contributed by atoms with van der Waals surface area (Å²) in [7, 11) is 0. The van der Waals surface area contributed by atoms with Crippen LogP contribution in [-0.4, -0.2) is 36.2 Å². The van der Waals surface area contributed by atoms with Gasteiger partial charge in [0.25, 0.3) is 5.91 Å². The van der Waals surface area contributed by atoms with E-state index < -0.39 is 12.1 Å². The number of carbonyl (C=O) groups is 2. The summed E-state index contributed by atoms with van der Waals surface area (Å²) in [5.74, 6) is -0.441. The first-order valence-electron chi connectivity index (χ1n) is 11.8. The lowest BCUT2D eigenvalue weighted by Gasteiger charge is -2.15. The van der Waals surface area contributed by atoms with Gasteiger partial charge in [-0.3, -0.25) is 4.79 Å². The van der Waals surface area contributed by atoms with Gasteiger partial charge in [-0.25, -0.2) is 9.18 Å². The molecule has 37 heavy (non-hydrogen) atoms. The van der Waals surface area contributed by atoms with Crippen LogP contribution in [0.15, 0.2) is 103 Å². The second-order valence-electron chi connectivity index (χ2n) is 8.29. The third kappa shape index (κ3) is 7.41. The van der Waals surface area contributed by atoms with Crippen molar-refractivity contribution >= 4 is 11.9 Å². The Labute approximate surface area is 214 Å². The van der Waals surface area contributed by atoms with Crippen molar-refractivity contribution in [2.24, 2.45) is 0 Å². The lowest BCUT2D eigenvalue weighted by molar-refractivity contribution is -0.145. The van der Waals surface area contributed by atoms with Gasteiger partial charge in [-0.1, -0.05) is 54.6 Å². The van der Waals surface area contributed by atoms with Crippen molar-refractivity contribution < 1.29 is 28.6 Å². The number of carboxylic acid groups (broad SMARTS) is 1. The SMILES string of the molecule is O=C(NCCOc1ccc(CC(Oc2ccccc2)C(=O)O)cc1)c1ccc(-c2ccc(F)cc2)cc1. The zero-order chi connectivity index (χ0) is 26.0. The Morgan fingerprint density at radius 1 is 0.784 bits per heavy atom. The molecule has 0 aliphatic rings. The molecule has 0 spiro atoms. The number of carbonyl (C=O) groups excluding carboxylic acids is 1. The molecule has 1 atom stereocenters. The number of hydrogen-bond acceptors (Lipinski definition) is 4. The Balaban J connectivity index is 1.22. The van der Waals surface area contributed by atoms with Gasteiger partial charge < -0.3 is 19.9 Å². The summed E-state index contributed by atoms with van der Waals surface area (Å²) >= 11 is 0. The Morgan fingerprint density at radius 2 is 1.41 bits per heavy atom. The lowest BCUT2D eigenvalue weighted by Crippen LogP contribution is -2.29. The summed E-state index contributed by atoms with van der Waals surface area (Å²) in [5.41, 5.74) is 3.08. The number of rotatable bonds is 11. The molecule has 188 valence electrons. The van der Waals surface area contributed by atoms with E-state index in [0.717, 1.165) is 16.7 Å². The third-order valence-electron chi connectivity index (χ3n) is 5.62. The molecule has 0 bridgehead atoms. The van der Waals surface area contributed by atoms with E-state index in [4.69, 9.17) is 9.47 Å². The normalized spacial score (nSPS) is 11.4. The molecule has 6 nitrogen and oxygen atoms in total. The summed E-state index contributed by atoms with van der Waals surface area (Å²) in [6, 6.07) is 29.2. The van der Waals surface area contributed by atoms with E-state index in [0.29, 0.717) is 23.6 Å². The van der Waals surface area contributed by atoms with Crippen LogP contribution < -0.4 is 14.8 Å². The fourth-order valence-corrected chi connectivity index (χ4v) is 3.67. The van der Waals surface area contributed by atoms with E-state index in [-0.39, 0.29) is 24.8 Å². The quantitative estimate of drug-likeness (QED) is 0.271. The van der Waals surface area contributed by atoms with Crippen molar-refractivity contribution in [1.82, 2.24) is 5.32 Å². The van der Waals surface area contributed by atoms with Crippen LogP contribution in [0.25, 0.3) is 11.1 Å². The maximum Gasteiger partial charge on any atom is 0.345 e. The molecule has 7 heteroatoms. The van der Waals surface area contributed by atoms with Gasteiger partial charge in [-0.2, -0.15) is 0 Å². The molecule has 0 saturated carbocycles. The maximum absolute atomic E-state index is 13.1. The van der Waals surface area contributed by atoms with Crippen LogP contribution in [0.2, 0.25) is 0 Å². The average molecular weight is 500 g/mol. The number of benzene rings is 4. The second-order valence-corrected chi connectivity index (χ2v) is 8.29. The van der Waals surface area contributed by atoms with E-state index in [1.54, 1.807) is 72.8 Å². The Kier molecular flexibility index (Phi) is 8.49. The number of nitrogens with one attached hydrogen (secondary N) is 1. The van der Waals surface area contributed by atoms with Gasteiger partial charge in [0.1, 0.15) is 23.9 Å². The number of ether oxygens (including phenoxy) is 2. The lowest BCUT2D eigenvalue weighted by atomic mass is 10.0. The predicted molar refractivity (Wildman–Crippen MR) is 138 cm³/mol. The van der Waals surface area contributed by atoms with E-state index in [1.807, 2.05) is 18.2 Å². The summed E-state index contributed by atoms with van der Waals surface area (Å²) in [4.78, 5) is 24.0. The molecule has 0 radical (unpaired) electrons. The fraction of sp³-hybridized carbons (Fsp3) is 0.133. The number of halogens is 1. The first-order chi connectivity index (χ1) is 18.0.